The maximum atomic E-state index is 11.4. The summed E-state index contributed by atoms with van der Waals surface area (Å²) in [4.78, 5) is 26.8. The number of carbonyl (C=O) groups excluding carboxylic acids is 2. The second kappa shape index (κ2) is 5.83. The van der Waals surface area contributed by atoms with E-state index >= 15 is 0 Å². The van der Waals surface area contributed by atoms with E-state index in [0.717, 1.165) is 0 Å². The van der Waals surface area contributed by atoms with Gasteiger partial charge in [0.1, 0.15) is 0 Å². The number of imidazole rings is 1. The summed E-state index contributed by atoms with van der Waals surface area (Å²) in [5.74, 6) is -0.212. The van der Waals surface area contributed by atoms with Crippen LogP contribution in [-0.2, 0) is 19.9 Å². The first-order chi connectivity index (χ1) is 8.76. The lowest BCUT2D eigenvalue weighted by atomic mass is 10.0. The van der Waals surface area contributed by atoms with E-state index in [1.54, 1.807) is 24.0 Å². The van der Waals surface area contributed by atoms with Gasteiger partial charge in [0, 0.05) is 6.20 Å². The number of esters is 1. The molecule has 0 aliphatic carbocycles. The lowest BCUT2D eigenvalue weighted by molar-refractivity contribution is -0.142. The summed E-state index contributed by atoms with van der Waals surface area (Å²) in [6.07, 6.45) is 3.42. The topological polar surface area (TPSA) is 99.2 Å². The van der Waals surface area contributed by atoms with E-state index in [-0.39, 0.29) is 18.3 Å². The molecule has 0 saturated heterocycles. The Labute approximate surface area is 112 Å². The van der Waals surface area contributed by atoms with E-state index in [9.17, 15) is 9.59 Å². The SMILES string of the molecule is COC(=O)CC(C)(C)n1cnc(NC(=O)C(C)N)c1. The zero-order chi connectivity index (χ0) is 14.6. The fraction of sp³-hybridized carbons (Fsp3) is 0.583. The smallest absolute Gasteiger partial charge is 0.307 e. The van der Waals surface area contributed by atoms with Crippen molar-refractivity contribution in [2.75, 3.05) is 12.4 Å². The van der Waals surface area contributed by atoms with Gasteiger partial charge in [0.15, 0.2) is 5.82 Å². The van der Waals surface area contributed by atoms with Gasteiger partial charge in [-0.05, 0) is 20.8 Å². The normalized spacial score (nSPS) is 12.9. The summed E-state index contributed by atoms with van der Waals surface area (Å²) < 4.78 is 6.40. The van der Waals surface area contributed by atoms with Crippen molar-refractivity contribution in [3.8, 4) is 0 Å². The number of nitrogens with two attached hydrogens (primary N) is 1. The van der Waals surface area contributed by atoms with E-state index < -0.39 is 11.6 Å². The van der Waals surface area contributed by atoms with Gasteiger partial charge in [0.05, 0.1) is 31.4 Å². The number of methoxy groups -OCH3 is 1. The maximum Gasteiger partial charge on any atom is 0.307 e. The molecule has 0 aliphatic heterocycles. The molecule has 106 valence electrons. The van der Waals surface area contributed by atoms with Gasteiger partial charge >= 0.3 is 5.97 Å². The van der Waals surface area contributed by atoms with Crippen molar-refractivity contribution >= 4 is 17.7 Å². The summed E-state index contributed by atoms with van der Waals surface area (Å²) in [5.41, 5.74) is 4.96. The number of ether oxygens (including phenoxy) is 1. The van der Waals surface area contributed by atoms with Gasteiger partial charge in [-0.3, -0.25) is 9.59 Å². The van der Waals surface area contributed by atoms with Crippen LogP contribution >= 0.6 is 0 Å². The van der Waals surface area contributed by atoms with E-state index in [1.807, 2.05) is 13.8 Å². The molecular weight excluding hydrogens is 248 g/mol. The standard InChI is InChI=1S/C12H20N4O3/c1-8(13)11(18)15-9-6-16(7-14-9)12(2,3)5-10(17)19-4/h6-8H,5,13H2,1-4H3,(H,15,18). The Morgan fingerprint density at radius 1 is 1.58 bits per heavy atom. The predicted molar refractivity (Wildman–Crippen MR) is 70.5 cm³/mol. The highest BCUT2D eigenvalue weighted by atomic mass is 16.5. The lowest BCUT2D eigenvalue weighted by Gasteiger charge is -2.24. The molecule has 0 bridgehead atoms. The molecule has 19 heavy (non-hydrogen) atoms. The number of anilines is 1. The Hall–Kier alpha value is -1.89. The van der Waals surface area contributed by atoms with Crippen LogP contribution in [0.25, 0.3) is 0 Å². The van der Waals surface area contributed by atoms with Gasteiger partial charge < -0.3 is 20.4 Å². The first-order valence-electron chi connectivity index (χ1n) is 5.94. The van der Waals surface area contributed by atoms with Gasteiger partial charge in [0.2, 0.25) is 5.91 Å². The van der Waals surface area contributed by atoms with Crippen LogP contribution in [0.4, 0.5) is 5.82 Å². The van der Waals surface area contributed by atoms with Crippen LogP contribution in [0, 0.1) is 0 Å². The Morgan fingerprint density at radius 2 is 2.21 bits per heavy atom. The predicted octanol–water partition coefficient (Wildman–Crippen LogP) is 0.467. The highest BCUT2D eigenvalue weighted by molar-refractivity contribution is 5.93. The third-order valence-corrected chi connectivity index (χ3v) is 2.75. The quantitative estimate of drug-likeness (QED) is 0.756. The number of hydrogen-bond donors (Lipinski definition) is 2. The fourth-order valence-corrected chi connectivity index (χ4v) is 1.48. The molecule has 7 heteroatoms. The number of amides is 1. The summed E-state index contributed by atoms with van der Waals surface area (Å²) in [6, 6.07) is -0.603. The number of aromatic nitrogens is 2. The van der Waals surface area contributed by atoms with E-state index in [1.165, 1.54) is 7.11 Å². The summed E-state index contributed by atoms with van der Waals surface area (Å²) >= 11 is 0. The fourth-order valence-electron chi connectivity index (χ4n) is 1.48. The van der Waals surface area contributed by atoms with Crippen molar-refractivity contribution in [2.24, 2.45) is 5.73 Å². The van der Waals surface area contributed by atoms with Gasteiger partial charge in [-0.15, -0.1) is 0 Å². The first kappa shape index (κ1) is 15.2. The lowest BCUT2D eigenvalue weighted by Crippen LogP contribution is -2.32. The summed E-state index contributed by atoms with van der Waals surface area (Å²) in [7, 11) is 1.35. The van der Waals surface area contributed by atoms with Crippen molar-refractivity contribution in [1.29, 1.82) is 0 Å². The Kier molecular flexibility index (Phi) is 4.66. The number of nitrogens with one attached hydrogen (secondary N) is 1. The number of rotatable bonds is 5. The molecule has 1 unspecified atom stereocenters. The molecule has 7 nitrogen and oxygen atoms in total. The van der Waals surface area contributed by atoms with Crippen LogP contribution in [0.2, 0.25) is 0 Å². The second-order valence-corrected chi connectivity index (χ2v) is 5.01. The van der Waals surface area contributed by atoms with Gasteiger partial charge in [-0.1, -0.05) is 0 Å². The number of carbonyl (C=O) groups is 2. The van der Waals surface area contributed by atoms with Gasteiger partial charge in [-0.2, -0.15) is 0 Å². The molecule has 1 atom stereocenters. The summed E-state index contributed by atoms with van der Waals surface area (Å²) in [6.45, 7) is 5.35. The van der Waals surface area contributed by atoms with Crippen LogP contribution in [0.15, 0.2) is 12.5 Å². The van der Waals surface area contributed by atoms with Crippen molar-refractivity contribution in [2.45, 2.75) is 38.8 Å². The molecule has 1 heterocycles. The Balaban J connectivity index is 2.78. The number of nitrogens with zero attached hydrogens (tertiary/aromatic N) is 2. The Bertz CT molecular complexity index is 465. The van der Waals surface area contributed by atoms with Crippen LogP contribution in [0.3, 0.4) is 0 Å². The second-order valence-electron chi connectivity index (χ2n) is 5.01. The zero-order valence-electron chi connectivity index (χ0n) is 11.6. The Morgan fingerprint density at radius 3 is 2.74 bits per heavy atom. The van der Waals surface area contributed by atoms with E-state index in [2.05, 4.69) is 15.0 Å². The molecule has 1 aromatic rings. The molecule has 3 N–H and O–H groups in total. The minimum absolute atomic E-state index is 0.209. The summed E-state index contributed by atoms with van der Waals surface area (Å²) in [5, 5.41) is 2.59. The highest BCUT2D eigenvalue weighted by Gasteiger charge is 2.25. The first-order valence-corrected chi connectivity index (χ1v) is 5.94. The molecule has 0 spiro atoms. The van der Waals surface area contributed by atoms with Crippen LogP contribution < -0.4 is 11.1 Å². The van der Waals surface area contributed by atoms with Crippen molar-refractivity contribution in [3.63, 3.8) is 0 Å². The molecule has 0 aromatic carbocycles. The highest BCUT2D eigenvalue weighted by Crippen LogP contribution is 2.21. The van der Waals surface area contributed by atoms with Crippen molar-refractivity contribution in [3.05, 3.63) is 12.5 Å². The maximum absolute atomic E-state index is 11.4. The molecule has 0 fully saturated rings. The third-order valence-electron chi connectivity index (χ3n) is 2.75. The minimum atomic E-state index is -0.603. The van der Waals surface area contributed by atoms with Gasteiger partial charge in [0.25, 0.3) is 0 Å². The average Bonchev–Trinajstić information content (AvgIpc) is 2.77. The molecule has 0 aliphatic rings. The monoisotopic (exact) mass is 268 g/mol. The third kappa shape index (κ3) is 4.06. The molecule has 1 aromatic heterocycles. The molecule has 1 amide bonds. The van der Waals surface area contributed by atoms with Crippen molar-refractivity contribution in [1.82, 2.24) is 9.55 Å². The van der Waals surface area contributed by atoms with Crippen molar-refractivity contribution < 1.29 is 14.3 Å². The average molecular weight is 268 g/mol. The van der Waals surface area contributed by atoms with Gasteiger partial charge in [-0.25, -0.2) is 4.98 Å². The van der Waals surface area contributed by atoms with Crippen LogP contribution in [0.5, 0.6) is 0 Å². The van der Waals surface area contributed by atoms with E-state index in [4.69, 9.17) is 5.73 Å². The van der Waals surface area contributed by atoms with Crippen LogP contribution in [0.1, 0.15) is 27.2 Å². The largest absolute Gasteiger partial charge is 0.469 e. The molecule has 0 radical (unpaired) electrons. The minimum Gasteiger partial charge on any atom is -0.469 e. The molecular formula is C12H20N4O3. The van der Waals surface area contributed by atoms with E-state index in [0.29, 0.717) is 5.82 Å². The number of hydrogen-bond acceptors (Lipinski definition) is 5. The van der Waals surface area contributed by atoms with Crippen LogP contribution in [-0.4, -0.2) is 34.6 Å². The zero-order valence-corrected chi connectivity index (χ0v) is 11.6. The molecule has 1 rings (SSSR count). The molecule has 0 saturated carbocycles.